The van der Waals surface area contributed by atoms with Crippen molar-refractivity contribution in [3.05, 3.63) is 65.7 Å². The van der Waals surface area contributed by atoms with E-state index in [2.05, 4.69) is 19.2 Å². The van der Waals surface area contributed by atoms with E-state index in [1.165, 1.54) is 0 Å². The van der Waals surface area contributed by atoms with E-state index in [1.807, 2.05) is 18.2 Å². The Morgan fingerprint density at radius 1 is 1.04 bits per heavy atom. The number of hydrogen-bond donors (Lipinski definition) is 2. The molecule has 1 atom stereocenters. The minimum Gasteiger partial charge on any atom is -0.484 e. The number of carboxylic acid groups (broad SMARTS) is 1. The molecule has 0 aliphatic carbocycles. The highest BCUT2D eigenvalue weighted by molar-refractivity contribution is 5.85. The predicted molar refractivity (Wildman–Crippen MR) is 91.0 cm³/mol. The first-order valence-electron chi connectivity index (χ1n) is 7.77. The van der Waals surface area contributed by atoms with Gasteiger partial charge in [-0.15, -0.1) is 0 Å². The van der Waals surface area contributed by atoms with Gasteiger partial charge in [-0.05, 0) is 29.2 Å². The number of amides is 1. The van der Waals surface area contributed by atoms with E-state index in [1.54, 1.807) is 36.4 Å². The van der Waals surface area contributed by atoms with E-state index < -0.39 is 17.9 Å². The fourth-order valence-corrected chi connectivity index (χ4v) is 2.25. The van der Waals surface area contributed by atoms with Crippen molar-refractivity contribution in [1.82, 2.24) is 5.32 Å². The molecule has 0 heterocycles. The smallest absolute Gasteiger partial charge is 0.330 e. The van der Waals surface area contributed by atoms with Gasteiger partial charge < -0.3 is 15.2 Å². The average Bonchev–Trinajstić information content (AvgIpc) is 2.58. The van der Waals surface area contributed by atoms with Crippen LogP contribution in [0.4, 0.5) is 0 Å². The number of carboxylic acids is 1. The molecule has 2 aromatic rings. The molecule has 0 bridgehead atoms. The number of nitrogens with one attached hydrogen (secondary N) is 1. The first kappa shape index (κ1) is 17.5. The van der Waals surface area contributed by atoms with Gasteiger partial charge in [0.1, 0.15) is 5.75 Å². The summed E-state index contributed by atoms with van der Waals surface area (Å²) in [5.74, 6) is -0.655. The molecule has 5 nitrogen and oxygen atoms in total. The lowest BCUT2D eigenvalue weighted by Gasteiger charge is -2.15. The number of carbonyl (C=O) groups excluding carboxylic acids is 1. The molecule has 0 saturated carbocycles. The minimum absolute atomic E-state index is 0.238. The summed E-state index contributed by atoms with van der Waals surface area (Å²) in [7, 11) is 0. The van der Waals surface area contributed by atoms with E-state index in [0.717, 1.165) is 5.56 Å². The van der Waals surface area contributed by atoms with Crippen LogP contribution in [0.5, 0.6) is 5.75 Å². The largest absolute Gasteiger partial charge is 0.484 e. The summed E-state index contributed by atoms with van der Waals surface area (Å²) in [5.41, 5.74) is 1.63. The molecule has 0 aliphatic heterocycles. The molecule has 2 rings (SSSR count). The van der Waals surface area contributed by atoms with Crippen molar-refractivity contribution in [3.63, 3.8) is 0 Å². The molecule has 0 aliphatic rings. The second-order valence-corrected chi connectivity index (χ2v) is 5.77. The van der Waals surface area contributed by atoms with Crippen LogP contribution in [-0.4, -0.2) is 23.6 Å². The highest BCUT2D eigenvalue weighted by Crippen LogP contribution is 2.20. The highest BCUT2D eigenvalue weighted by Gasteiger charge is 2.21. The molecule has 0 saturated heterocycles. The number of aliphatic carboxylic acids is 1. The van der Waals surface area contributed by atoms with E-state index in [0.29, 0.717) is 17.2 Å². The summed E-state index contributed by atoms with van der Waals surface area (Å²) in [6.45, 7) is 3.91. The van der Waals surface area contributed by atoms with Crippen LogP contribution < -0.4 is 10.1 Å². The SMILES string of the molecule is CC(C)c1cccc(OCC(=O)NC(C(=O)O)c2ccccc2)c1. The lowest BCUT2D eigenvalue weighted by Crippen LogP contribution is -2.36. The third-order valence-corrected chi connectivity index (χ3v) is 3.58. The molecule has 5 heteroatoms. The van der Waals surface area contributed by atoms with Gasteiger partial charge in [-0.2, -0.15) is 0 Å². The van der Waals surface area contributed by atoms with Crippen molar-refractivity contribution in [2.75, 3.05) is 6.61 Å². The fraction of sp³-hybridized carbons (Fsp3) is 0.263. The Labute approximate surface area is 141 Å². The number of carbonyl (C=O) groups is 2. The number of benzene rings is 2. The molecule has 1 unspecified atom stereocenters. The maximum absolute atomic E-state index is 12.0. The van der Waals surface area contributed by atoms with Gasteiger partial charge in [0.2, 0.25) is 0 Å². The van der Waals surface area contributed by atoms with Crippen LogP contribution in [0.3, 0.4) is 0 Å². The van der Waals surface area contributed by atoms with Gasteiger partial charge in [-0.25, -0.2) is 4.79 Å². The molecule has 0 fully saturated rings. The first-order chi connectivity index (χ1) is 11.5. The number of hydrogen-bond acceptors (Lipinski definition) is 3. The Morgan fingerprint density at radius 2 is 1.71 bits per heavy atom. The molecule has 2 aromatic carbocycles. The van der Waals surface area contributed by atoms with Gasteiger partial charge in [-0.1, -0.05) is 56.3 Å². The highest BCUT2D eigenvalue weighted by atomic mass is 16.5. The van der Waals surface area contributed by atoms with Crippen molar-refractivity contribution in [2.45, 2.75) is 25.8 Å². The molecule has 0 aromatic heterocycles. The fourth-order valence-electron chi connectivity index (χ4n) is 2.25. The lowest BCUT2D eigenvalue weighted by molar-refractivity contribution is -0.142. The van der Waals surface area contributed by atoms with Crippen LogP contribution >= 0.6 is 0 Å². The maximum atomic E-state index is 12.0. The molecule has 2 N–H and O–H groups in total. The van der Waals surface area contributed by atoms with E-state index >= 15 is 0 Å². The topological polar surface area (TPSA) is 75.6 Å². The van der Waals surface area contributed by atoms with Gasteiger partial charge in [0.05, 0.1) is 0 Å². The lowest BCUT2D eigenvalue weighted by atomic mass is 10.0. The second kappa shape index (κ2) is 8.15. The van der Waals surface area contributed by atoms with Gasteiger partial charge in [0.15, 0.2) is 12.6 Å². The summed E-state index contributed by atoms with van der Waals surface area (Å²) in [6.07, 6.45) is 0. The quantitative estimate of drug-likeness (QED) is 0.819. The zero-order valence-electron chi connectivity index (χ0n) is 13.7. The Morgan fingerprint density at radius 3 is 2.33 bits per heavy atom. The van der Waals surface area contributed by atoms with Crippen LogP contribution in [0, 0.1) is 0 Å². The molecular formula is C19H21NO4. The van der Waals surface area contributed by atoms with Crippen molar-refractivity contribution in [2.24, 2.45) is 0 Å². The standard InChI is InChI=1S/C19H21NO4/c1-13(2)15-9-6-10-16(11-15)24-12-17(21)20-18(19(22)23)14-7-4-3-5-8-14/h3-11,13,18H,12H2,1-2H3,(H,20,21)(H,22,23). The number of ether oxygens (including phenoxy) is 1. The Hall–Kier alpha value is -2.82. The molecule has 126 valence electrons. The molecular weight excluding hydrogens is 306 g/mol. The normalized spacial score (nSPS) is 11.8. The molecule has 1 amide bonds. The Kier molecular flexibility index (Phi) is 5.95. The molecule has 0 radical (unpaired) electrons. The van der Waals surface area contributed by atoms with Gasteiger partial charge in [0.25, 0.3) is 5.91 Å². The minimum atomic E-state index is -1.11. The van der Waals surface area contributed by atoms with Crippen LogP contribution in [0.15, 0.2) is 54.6 Å². The van der Waals surface area contributed by atoms with Crippen LogP contribution in [0.1, 0.15) is 36.9 Å². The van der Waals surface area contributed by atoms with Gasteiger partial charge >= 0.3 is 5.97 Å². The van der Waals surface area contributed by atoms with Crippen molar-refractivity contribution >= 4 is 11.9 Å². The second-order valence-electron chi connectivity index (χ2n) is 5.77. The first-order valence-corrected chi connectivity index (χ1v) is 7.77. The van der Waals surface area contributed by atoms with E-state index in [-0.39, 0.29) is 6.61 Å². The van der Waals surface area contributed by atoms with E-state index in [4.69, 9.17) is 4.74 Å². The third-order valence-electron chi connectivity index (χ3n) is 3.58. The Balaban J connectivity index is 1.97. The summed E-state index contributed by atoms with van der Waals surface area (Å²) < 4.78 is 5.47. The molecule has 24 heavy (non-hydrogen) atoms. The van der Waals surface area contributed by atoms with Crippen molar-refractivity contribution in [3.8, 4) is 5.75 Å². The predicted octanol–water partition coefficient (Wildman–Crippen LogP) is 3.13. The Bertz CT molecular complexity index is 698. The van der Waals surface area contributed by atoms with Crippen molar-refractivity contribution < 1.29 is 19.4 Å². The van der Waals surface area contributed by atoms with Crippen LogP contribution in [0.2, 0.25) is 0 Å². The summed E-state index contributed by atoms with van der Waals surface area (Å²) >= 11 is 0. The van der Waals surface area contributed by atoms with E-state index in [9.17, 15) is 14.7 Å². The summed E-state index contributed by atoms with van der Waals surface area (Å²) in [5, 5.41) is 11.8. The number of rotatable bonds is 7. The van der Waals surface area contributed by atoms with Gasteiger partial charge in [0, 0.05) is 0 Å². The van der Waals surface area contributed by atoms with Crippen LogP contribution in [-0.2, 0) is 9.59 Å². The monoisotopic (exact) mass is 327 g/mol. The average molecular weight is 327 g/mol. The van der Waals surface area contributed by atoms with Gasteiger partial charge in [-0.3, -0.25) is 4.79 Å². The zero-order chi connectivity index (χ0) is 17.5. The summed E-state index contributed by atoms with van der Waals surface area (Å²) in [6, 6.07) is 15.0. The summed E-state index contributed by atoms with van der Waals surface area (Å²) in [4.78, 5) is 23.4. The zero-order valence-corrected chi connectivity index (χ0v) is 13.7. The van der Waals surface area contributed by atoms with Crippen molar-refractivity contribution in [1.29, 1.82) is 0 Å². The maximum Gasteiger partial charge on any atom is 0.330 e. The van der Waals surface area contributed by atoms with Crippen LogP contribution in [0.25, 0.3) is 0 Å². The third kappa shape index (κ3) is 4.84. The molecule has 0 spiro atoms.